The Kier molecular flexibility index (Phi) is 17.2. The number of urea groups is 2. The van der Waals surface area contributed by atoms with Crippen LogP contribution in [0.3, 0.4) is 0 Å². The average molecular weight is 966 g/mol. The predicted molar refractivity (Wildman–Crippen MR) is 291 cm³/mol. The van der Waals surface area contributed by atoms with Crippen LogP contribution in [0.25, 0.3) is 5.69 Å². The van der Waals surface area contributed by atoms with E-state index in [1.165, 1.54) is 11.1 Å². The van der Waals surface area contributed by atoms with Crippen molar-refractivity contribution in [2.75, 3.05) is 31.9 Å². The standard InChI is InChI=1S/C29H32ClN5O.C28H34ClN3O/c1-4-20-8-12-22(13-9-20)34(19-21-10-14-23(15-11-21)35-17-7-16-32-35)29(36)33-28-24(5-2)26(30)18-27(31)25(28)6-3;1-7-20-8-14-23(15-9-20)32(19(3)21-10-12-22(29)13-11-21)27(33)31-26-18(2)25(30)17-16-24(26)28(4,5)6/h7-18H,4-6,19,31H2,1-3H3,(H,33,36);8-17,19H,7,30H2,1-6H3,(H,31,33)/t;19-/m.0/s1. The first-order valence-electron chi connectivity index (χ1n) is 23.7. The Hall–Kier alpha value is -6.75. The molecule has 12 heteroatoms. The zero-order chi connectivity index (χ0) is 50.0. The molecule has 0 aliphatic carbocycles. The molecule has 360 valence electrons. The number of rotatable bonds is 13. The molecule has 0 bridgehead atoms. The number of aromatic nitrogens is 2. The van der Waals surface area contributed by atoms with E-state index in [0.717, 1.165) is 69.0 Å². The number of anilines is 6. The molecule has 0 fully saturated rings. The summed E-state index contributed by atoms with van der Waals surface area (Å²) in [5, 5.41) is 11.9. The van der Waals surface area contributed by atoms with Crippen LogP contribution in [0.4, 0.5) is 43.7 Å². The third-order valence-electron chi connectivity index (χ3n) is 12.5. The van der Waals surface area contributed by atoms with Crippen molar-refractivity contribution in [2.24, 2.45) is 0 Å². The van der Waals surface area contributed by atoms with Gasteiger partial charge in [-0.25, -0.2) is 14.3 Å². The Morgan fingerprint density at radius 3 is 1.78 bits per heavy atom. The molecule has 6 aromatic carbocycles. The Morgan fingerprint density at radius 2 is 1.25 bits per heavy atom. The van der Waals surface area contributed by atoms with Crippen LogP contribution in [-0.4, -0.2) is 21.8 Å². The smallest absolute Gasteiger partial charge is 0.326 e. The maximum Gasteiger partial charge on any atom is 0.326 e. The molecular formula is C57H66Cl2N8O2. The van der Waals surface area contributed by atoms with Crippen LogP contribution >= 0.6 is 23.2 Å². The van der Waals surface area contributed by atoms with Gasteiger partial charge in [0.15, 0.2) is 0 Å². The van der Waals surface area contributed by atoms with Gasteiger partial charge in [-0.3, -0.25) is 9.80 Å². The minimum absolute atomic E-state index is 0.156. The third kappa shape index (κ3) is 12.5. The highest BCUT2D eigenvalue weighted by atomic mass is 35.5. The van der Waals surface area contributed by atoms with Gasteiger partial charge in [-0.2, -0.15) is 5.10 Å². The molecule has 7 aromatic rings. The fourth-order valence-corrected chi connectivity index (χ4v) is 8.81. The van der Waals surface area contributed by atoms with Crippen molar-refractivity contribution in [1.29, 1.82) is 0 Å². The topological polar surface area (TPSA) is 135 Å². The average Bonchev–Trinajstić information content (AvgIpc) is 3.88. The molecule has 0 saturated carbocycles. The maximum atomic E-state index is 13.8. The Labute approximate surface area is 418 Å². The molecule has 0 radical (unpaired) electrons. The van der Waals surface area contributed by atoms with E-state index in [2.05, 4.69) is 74.6 Å². The lowest BCUT2D eigenvalue weighted by Gasteiger charge is -2.32. The van der Waals surface area contributed by atoms with Crippen LogP contribution < -0.4 is 31.9 Å². The van der Waals surface area contributed by atoms with E-state index in [1.807, 2.05) is 125 Å². The summed E-state index contributed by atoms with van der Waals surface area (Å²) in [6, 6.07) is 38.8. The van der Waals surface area contributed by atoms with Crippen molar-refractivity contribution >= 4 is 69.4 Å². The number of carbonyl (C=O) groups excluding carboxylic acids is 2. The molecule has 0 aliphatic rings. The number of benzene rings is 6. The summed E-state index contributed by atoms with van der Waals surface area (Å²) < 4.78 is 1.81. The van der Waals surface area contributed by atoms with Crippen molar-refractivity contribution in [3.05, 3.63) is 188 Å². The summed E-state index contributed by atoms with van der Waals surface area (Å²) in [5.74, 6) is 0. The third-order valence-corrected chi connectivity index (χ3v) is 13.1. The summed E-state index contributed by atoms with van der Waals surface area (Å²) in [6.45, 7) is 19.0. The molecule has 69 heavy (non-hydrogen) atoms. The molecule has 6 N–H and O–H groups in total. The normalized spacial score (nSPS) is 11.6. The number of carbonyl (C=O) groups is 2. The monoisotopic (exact) mass is 964 g/mol. The zero-order valence-electron chi connectivity index (χ0n) is 41.3. The summed E-state index contributed by atoms with van der Waals surface area (Å²) >= 11 is 12.6. The number of amides is 4. The maximum absolute atomic E-state index is 13.8. The number of hydrogen-bond donors (Lipinski definition) is 4. The molecule has 0 aliphatic heterocycles. The van der Waals surface area contributed by atoms with Gasteiger partial charge in [0.25, 0.3) is 0 Å². The first kappa shape index (κ1) is 51.6. The molecule has 0 saturated heterocycles. The first-order valence-corrected chi connectivity index (χ1v) is 24.4. The highest BCUT2D eigenvalue weighted by Gasteiger charge is 2.28. The largest absolute Gasteiger partial charge is 0.398 e. The number of aryl methyl sites for hydroxylation is 2. The highest BCUT2D eigenvalue weighted by molar-refractivity contribution is 6.32. The molecule has 4 amide bonds. The second kappa shape index (κ2) is 23.0. The minimum Gasteiger partial charge on any atom is -0.398 e. The second-order valence-corrected chi connectivity index (χ2v) is 19.0. The molecule has 0 unspecified atom stereocenters. The van der Waals surface area contributed by atoms with Gasteiger partial charge in [-0.15, -0.1) is 0 Å². The van der Waals surface area contributed by atoms with Crippen LogP contribution in [0, 0.1) is 6.92 Å². The van der Waals surface area contributed by atoms with Gasteiger partial charge in [0.1, 0.15) is 0 Å². The van der Waals surface area contributed by atoms with E-state index < -0.39 is 0 Å². The van der Waals surface area contributed by atoms with Crippen molar-refractivity contribution in [3.8, 4) is 5.69 Å². The van der Waals surface area contributed by atoms with Crippen molar-refractivity contribution in [1.82, 2.24) is 9.78 Å². The number of nitrogens with two attached hydrogens (primary N) is 2. The summed E-state index contributed by atoms with van der Waals surface area (Å²) in [6.07, 6.45) is 6.89. The molecule has 10 nitrogen and oxygen atoms in total. The van der Waals surface area contributed by atoms with Crippen LogP contribution in [0.1, 0.15) is 106 Å². The van der Waals surface area contributed by atoms with Gasteiger partial charge in [-0.05, 0) is 156 Å². The lowest BCUT2D eigenvalue weighted by atomic mass is 9.84. The fraction of sp³-hybridized carbons (Fsp3) is 0.281. The van der Waals surface area contributed by atoms with Gasteiger partial charge in [0.05, 0.1) is 29.6 Å². The summed E-state index contributed by atoms with van der Waals surface area (Å²) in [5.41, 5.74) is 25.8. The van der Waals surface area contributed by atoms with Crippen molar-refractivity contribution in [2.45, 2.75) is 106 Å². The molecule has 1 atom stereocenters. The Morgan fingerprint density at radius 1 is 0.681 bits per heavy atom. The quantitative estimate of drug-likeness (QED) is 0.0854. The van der Waals surface area contributed by atoms with E-state index in [1.54, 1.807) is 26.7 Å². The van der Waals surface area contributed by atoms with E-state index in [9.17, 15) is 9.59 Å². The van der Waals surface area contributed by atoms with Gasteiger partial charge in [0, 0.05) is 45.2 Å². The van der Waals surface area contributed by atoms with Crippen LogP contribution in [0.15, 0.2) is 134 Å². The molecule has 7 rings (SSSR count). The van der Waals surface area contributed by atoms with Crippen LogP contribution in [-0.2, 0) is 37.6 Å². The number of nitrogen functional groups attached to an aromatic ring is 2. The van der Waals surface area contributed by atoms with E-state index in [-0.39, 0.29) is 23.5 Å². The predicted octanol–water partition coefficient (Wildman–Crippen LogP) is 14.9. The lowest BCUT2D eigenvalue weighted by molar-refractivity contribution is 0.255. The van der Waals surface area contributed by atoms with Crippen molar-refractivity contribution < 1.29 is 9.59 Å². The molecule has 1 aromatic heterocycles. The highest BCUT2D eigenvalue weighted by Crippen LogP contribution is 2.38. The Bertz CT molecular complexity index is 2790. The molecule has 0 spiro atoms. The van der Waals surface area contributed by atoms with E-state index in [4.69, 9.17) is 34.7 Å². The van der Waals surface area contributed by atoms with E-state index in [0.29, 0.717) is 46.5 Å². The number of nitrogens with one attached hydrogen (secondary N) is 2. The van der Waals surface area contributed by atoms with Crippen molar-refractivity contribution in [3.63, 3.8) is 0 Å². The minimum atomic E-state index is -0.235. The van der Waals surface area contributed by atoms with Gasteiger partial charge in [0.2, 0.25) is 0 Å². The fourth-order valence-electron chi connectivity index (χ4n) is 8.34. The SMILES string of the molecule is CCc1ccc(N(C(=O)Nc2c(C(C)(C)C)ccc(N)c2C)[C@@H](C)c2ccc(Cl)cc2)cc1.CCc1ccc(N(Cc2ccc(-n3cccn3)cc2)C(=O)Nc2c(CC)c(N)cc(Cl)c2CC)cc1. The zero-order valence-corrected chi connectivity index (χ0v) is 42.8. The summed E-state index contributed by atoms with van der Waals surface area (Å²) in [7, 11) is 0. The number of nitrogens with zero attached hydrogens (tertiary/aromatic N) is 4. The van der Waals surface area contributed by atoms with Crippen LogP contribution in [0.2, 0.25) is 10.0 Å². The van der Waals surface area contributed by atoms with Gasteiger partial charge < -0.3 is 22.1 Å². The first-order chi connectivity index (χ1) is 33.0. The Balaban J connectivity index is 0.000000228. The van der Waals surface area contributed by atoms with Crippen LogP contribution in [0.5, 0.6) is 0 Å². The second-order valence-electron chi connectivity index (χ2n) is 18.1. The summed E-state index contributed by atoms with van der Waals surface area (Å²) in [4.78, 5) is 31.2. The van der Waals surface area contributed by atoms with Gasteiger partial charge in [-0.1, -0.05) is 126 Å². The van der Waals surface area contributed by atoms with Gasteiger partial charge >= 0.3 is 12.1 Å². The molecular weight excluding hydrogens is 900 g/mol. The van der Waals surface area contributed by atoms with E-state index >= 15 is 0 Å². The molecule has 1 heterocycles. The number of hydrogen-bond acceptors (Lipinski definition) is 5. The number of halogens is 2. The lowest BCUT2D eigenvalue weighted by Crippen LogP contribution is -2.38.